The average molecular weight is 504 g/mol. The van der Waals surface area contributed by atoms with Crippen LogP contribution in [-0.4, -0.2) is 56.5 Å². The molecule has 1 amide bonds. The van der Waals surface area contributed by atoms with Crippen molar-refractivity contribution in [3.8, 4) is 11.1 Å². The van der Waals surface area contributed by atoms with Crippen LogP contribution in [0.2, 0.25) is 0 Å². The summed E-state index contributed by atoms with van der Waals surface area (Å²) in [7, 11) is 1.86. The van der Waals surface area contributed by atoms with Crippen LogP contribution in [-0.2, 0) is 13.6 Å². The third kappa shape index (κ3) is 5.12. The summed E-state index contributed by atoms with van der Waals surface area (Å²) < 4.78 is 1.80. The minimum Gasteiger partial charge on any atom is -0.353 e. The molecule has 38 heavy (non-hydrogen) atoms. The number of aromatic nitrogens is 4. The van der Waals surface area contributed by atoms with E-state index in [1.165, 1.54) is 5.56 Å². The molecule has 0 saturated carbocycles. The van der Waals surface area contributed by atoms with Gasteiger partial charge < -0.3 is 14.8 Å². The number of carbonyl (C=O) groups excluding carboxylic acids is 1. The molecule has 8 heteroatoms. The van der Waals surface area contributed by atoms with Gasteiger partial charge in [0.2, 0.25) is 0 Å². The van der Waals surface area contributed by atoms with Gasteiger partial charge in [-0.25, -0.2) is 4.98 Å². The normalized spacial score (nSPS) is 14.1. The van der Waals surface area contributed by atoms with Crippen molar-refractivity contribution in [1.82, 2.24) is 24.4 Å². The van der Waals surface area contributed by atoms with E-state index < -0.39 is 0 Å². The Bertz CT molecular complexity index is 1560. The first-order chi connectivity index (χ1) is 18.6. The summed E-state index contributed by atoms with van der Waals surface area (Å²) in [6, 6.07) is 21.8. The molecule has 6 rings (SSSR count). The van der Waals surface area contributed by atoms with E-state index in [1.807, 2.05) is 74.3 Å². The van der Waals surface area contributed by atoms with Crippen molar-refractivity contribution in [2.45, 2.75) is 6.54 Å². The Morgan fingerprint density at radius 2 is 1.71 bits per heavy atom. The van der Waals surface area contributed by atoms with Crippen molar-refractivity contribution in [2.75, 3.05) is 36.4 Å². The highest BCUT2D eigenvalue weighted by Crippen LogP contribution is 2.26. The molecule has 1 aliphatic rings. The molecule has 3 aromatic heterocycles. The Balaban J connectivity index is 1.13. The van der Waals surface area contributed by atoms with Gasteiger partial charge in [0.15, 0.2) is 0 Å². The molecule has 190 valence electrons. The molecule has 0 unspecified atom stereocenters. The van der Waals surface area contributed by atoms with Crippen LogP contribution in [0, 0.1) is 0 Å². The standard InChI is InChI=1S/C30H29N7O/c1-35-13-3-5-28(35)30(38)33-25-9-6-23(7-10-25)24-8-11-26-27(18-24)34-29(20-32-26)37-16-14-36(15-17-37)21-22-4-2-12-31-19-22/h2-13,18-20H,14-17,21H2,1H3,(H,33,38). The van der Waals surface area contributed by atoms with E-state index in [1.54, 1.807) is 10.6 Å². The predicted molar refractivity (Wildman–Crippen MR) is 150 cm³/mol. The van der Waals surface area contributed by atoms with Gasteiger partial charge in [0.25, 0.3) is 5.91 Å². The number of piperazine rings is 1. The van der Waals surface area contributed by atoms with Crippen LogP contribution in [0.1, 0.15) is 16.1 Å². The van der Waals surface area contributed by atoms with Gasteiger partial charge in [-0.05, 0) is 59.2 Å². The molecule has 1 aliphatic heterocycles. The van der Waals surface area contributed by atoms with Crippen LogP contribution in [0.4, 0.5) is 11.5 Å². The number of aryl methyl sites for hydroxylation is 1. The molecule has 8 nitrogen and oxygen atoms in total. The second-order valence-electron chi connectivity index (χ2n) is 9.59. The van der Waals surface area contributed by atoms with Gasteiger partial charge in [-0.15, -0.1) is 0 Å². The summed E-state index contributed by atoms with van der Waals surface area (Å²) in [4.78, 5) is 31.1. The summed E-state index contributed by atoms with van der Waals surface area (Å²) in [6.45, 7) is 4.69. The molecule has 0 radical (unpaired) electrons. The number of benzene rings is 2. The highest BCUT2D eigenvalue weighted by Gasteiger charge is 2.19. The molecule has 2 aromatic carbocycles. The van der Waals surface area contributed by atoms with Crippen LogP contribution in [0.5, 0.6) is 0 Å². The van der Waals surface area contributed by atoms with Gasteiger partial charge in [0.1, 0.15) is 11.5 Å². The van der Waals surface area contributed by atoms with Crippen LogP contribution in [0.15, 0.2) is 91.5 Å². The molecule has 4 heterocycles. The summed E-state index contributed by atoms with van der Waals surface area (Å²) in [5, 5.41) is 2.96. The topological polar surface area (TPSA) is 79.2 Å². The number of fused-ring (bicyclic) bond motifs is 1. The number of anilines is 2. The number of hydrogen-bond donors (Lipinski definition) is 1. The smallest absolute Gasteiger partial charge is 0.272 e. The van der Waals surface area contributed by atoms with Crippen molar-refractivity contribution in [3.05, 3.63) is 103 Å². The number of nitrogens with zero attached hydrogens (tertiary/aromatic N) is 6. The Morgan fingerprint density at radius 3 is 2.45 bits per heavy atom. The highest BCUT2D eigenvalue weighted by molar-refractivity contribution is 6.03. The van der Waals surface area contributed by atoms with Crippen molar-refractivity contribution < 1.29 is 4.79 Å². The third-order valence-corrected chi connectivity index (χ3v) is 7.01. The quantitative estimate of drug-likeness (QED) is 0.365. The number of pyridine rings is 1. The van der Waals surface area contributed by atoms with Gasteiger partial charge in [0.05, 0.1) is 17.2 Å². The largest absolute Gasteiger partial charge is 0.353 e. The molecular weight excluding hydrogens is 474 g/mol. The predicted octanol–water partition coefficient (Wildman–Crippen LogP) is 4.60. The van der Waals surface area contributed by atoms with E-state index in [2.05, 4.69) is 43.3 Å². The van der Waals surface area contributed by atoms with Crippen molar-refractivity contribution >= 4 is 28.4 Å². The van der Waals surface area contributed by atoms with Crippen LogP contribution in [0.25, 0.3) is 22.2 Å². The second-order valence-corrected chi connectivity index (χ2v) is 9.59. The molecule has 1 N–H and O–H groups in total. The average Bonchev–Trinajstić information content (AvgIpc) is 3.40. The minimum atomic E-state index is -0.128. The molecule has 1 saturated heterocycles. The lowest BCUT2D eigenvalue weighted by molar-refractivity contribution is 0.101. The number of hydrogen-bond acceptors (Lipinski definition) is 6. The highest BCUT2D eigenvalue weighted by atomic mass is 16.1. The third-order valence-electron chi connectivity index (χ3n) is 7.01. The van der Waals surface area contributed by atoms with Crippen LogP contribution in [0.3, 0.4) is 0 Å². The first-order valence-electron chi connectivity index (χ1n) is 12.8. The number of nitrogens with one attached hydrogen (secondary N) is 1. The maximum Gasteiger partial charge on any atom is 0.272 e. The van der Waals surface area contributed by atoms with Crippen molar-refractivity contribution in [1.29, 1.82) is 0 Å². The monoisotopic (exact) mass is 503 g/mol. The van der Waals surface area contributed by atoms with E-state index in [0.29, 0.717) is 5.69 Å². The second kappa shape index (κ2) is 10.4. The van der Waals surface area contributed by atoms with E-state index in [-0.39, 0.29) is 5.91 Å². The number of carbonyl (C=O) groups is 1. The number of rotatable bonds is 6. The molecular formula is C30H29N7O. The van der Waals surface area contributed by atoms with Crippen molar-refractivity contribution in [2.24, 2.45) is 7.05 Å². The van der Waals surface area contributed by atoms with E-state index in [4.69, 9.17) is 4.98 Å². The van der Waals surface area contributed by atoms with E-state index >= 15 is 0 Å². The van der Waals surface area contributed by atoms with Gasteiger partial charge >= 0.3 is 0 Å². The summed E-state index contributed by atoms with van der Waals surface area (Å²) in [6.07, 6.45) is 7.48. The molecule has 5 aromatic rings. The molecule has 0 aliphatic carbocycles. The van der Waals surface area contributed by atoms with Gasteiger partial charge in [0, 0.05) is 64.0 Å². The summed E-state index contributed by atoms with van der Waals surface area (Å²) in [5.41, 5.74) is 6.48. The van der Waals surface area contributed by atoms with E-state index in [0.717, 1.165) is 66.4 Å². The zero-order chi connectivity index (χ0) is 25.9. The fourth-order valence-electron chi connectivity index (χ4n) is 4.86. The summed E-state index contributed by atoms with van der Waals surface area (Å²) in [5.74, 6) is 0.783. The minimum absolute atomic E-state index is 0.128. The fourth-order valence-corrected chi connectivity index (χ4v) is 4.86. The van der Waals surface area contributed by atoms with Crippen molar-refractivity contribution in [3.63, 3.8) is 0 Å². The Labute approximate surface area is 221 Å². The Hall–Kier alpha value is -4.56. The fraction of sp³-hybridized carbons (Fsp3) is 0.200. The lowest BCUT2D eigenvalue weighted by atomic mass is 10.0. The molecule has 0 spiro atoms. The molecule has 0 bridgehead atoms. The first kappa shape index (κ1) is 23.8. The summed E-state index contributed by atoms with van der Waals surface area (Å²) >= 11 is 0. The van der Waals surface area contributed by atoms with E-state index in [9.17, 15) is 4.79 Å². The Kier molecular flexibility index (Phi) is 6.54. The van der Waals surface area contributed by atoms with Crippen LogP contribution < -0.4 is 10.2 Å². The van der Waals surface area contributed by atoms with Gasteiger partial charge in [-0.3, -0.25) is 19.7 Å². The lowest BCUT2D eigenvalue weighted by Crippen LogP contribution is -2.46. The zero-order valence-corrected chi connectivity index (χ0v) is 21.3. The molecule has 1 fully saturated rings. The van der Waals surface area contributed by atoms with Gasteiger partial charge in [-0.1, -0.05) is 24.3 Å². The Morgan fingerprint density at radius 1 is 0.895 bits per heavy atom. The molecule has 0 atom stereocenters. The first-order valence-corrected chi connectivity index (χ1v) is 12.8. The van der Waals surface area contributed by atoms with Crippen LogP contribution >= 0.6 is 0 Å². The van der Waals surface area contributed by atoms with Gasteiger partial charge in [-0.2, -0.15) is 0 Å². The zero-order valence-electron chi connectivity index (χ0n) is 21.3. The lowest BCUT2D eigenvalue weighted by Gasteiger charge is -2.35. The number of amides is 1. The maximum absolute atomic E-state index is 12.5. The SMILES string of the molecule is Cn1cccc1C(=O)Nc1ccc(-c2ccc3ncc(N4CCN(Cc5cccnc5)CC4)nc3c2)cc1. The maximum atomic E-state index is 12.5.